The van der Waals surface area contributed by atoms with E-state index in [1.165, 1.54) is 11.8 Å². The van der Waals surface area contributed by atoms with Crippen molar-refractivity contribution >= 4 is 46.7 Å². The standard InChI is InChI=1S/C25H27N3O7/c1-15(2)35-25(33)17-4-10-21(11-5-17)28-13-18(12-23(28)31)24(32)34-14-22(30)27-20-8-6-19(7-9-20)26-16(3)29/h4-11,15,18H,12-14H2,1-3H3,(H,26,29)(H,27,30)/t18-/m0/s1. The van der Waals surface area contributed by atoms with Gasteiger partial charge in [0.15, 0.2) is 6.61 Å². The van der Waals surface area contributed by atoms with Crippen LogP contribution in [0.4, 0.5) is 17.1 Å². The largest absolute Gasteiger partial charge is 0.459 e. The van der Waals surface area contributed by atoms with Crippen molar-refractivity contribution < 1.29 is 33.4 Å². The third kappa shape index (κ3) is 7.13. The van der Waals surface area contributed by atoms with Crippen molar-refractivity contribution in [3.05, 3.63) is 54.1 Å². The summed E-state index contributed by atoms with van der Waals surface area (Å²) in [5, 5.41) is 5.21. The molecule has 35 heavy (non-hydrogen) atoms. The topological polar surface area (TPSA) is 131 Å². The molecule has 1 saturated heterocycles. The van der Waals surface area contributed by atoms with E-state index in [1.807, 2.05) is 0 Å². The summed E-state index contributed by atoms with van der Waals surface area (Å²) in [6.45, 7) is 4.52. The van der Waals surface area contributed by atoms with Crippen molar-refractivity contribution in [3.63, 3.8) is 0 Å². The average molecular weight is 482 g/mol. The molecule has 184 valence electrons. The maximum Gasteiger partial charge on any atom is 0.338 e. The summed E-state index contributed by atoms with van der Waals surface area (Å²) in [4.78, 5) is 61.5. The summed E-state index contributed by atoms with van der Waals surface area (Å²) < 4.78 is 10.3. The number of anilines is 3. The molecule has 2 aromatic carbocycles. The van der Waals surface area contributed by atoms with Crippen LogP contribution in [0.15, 0.2) is 48.5 Å². The Balaban J connectivity index is 1.49. The number of hydrogen-bond acceptors (Lipinski definition) is 7. The lowest BCUT2D eigenvalue weighted by atomic mass is 10.1. The molecule has 1 atom stereocenters. The highest BCUT2D eigenvalue weighted by atomic mass is 16.5. The first-order chi connectivity index (χ1) is 16.6. The first-order valence-electron chi connectivity index (χ1n) is 11.1. The number of nitrogens with zero attached hydrogens (tertiary/aromatic N) is 1. The highest BCUT2D eigenvalue weighted by Crippen LogP contribution is 2.26. The molecule has 0 spiro atoms. The summed E-state index contributed by atoms with van der Waals surface area (Å²) in [6, 6.07) is 12.8. The zero-order chi connectivity index (χ0) is 25.5. The van der Waals surface area contributed by atoms with Crippen molar-refractivity contribution in [3.8, 4) is 0 Å². The number of esters is 2. The van der Waals surface area contributed by atoms with E-state index < -0.39 is 30.4 Å². The summed E-state index contributed by atoms with van der Waals surface area (Å²) >= 11 is 0. The van der Waals surface area contributed by atoms with Gasteiger partial charge in [0.2, 0.25) is 11.8 Å². The molecule has 3 rings (SSSR count). The second-order valence-corrected chi connectivity index (χ2v) is 8.32. The first kappa shape index (κ1) is 25.4. The van der Waals surface area contributed by atoms with Crippen LogP contribution in [-0.4, -0.2) is 48.9 Å². The highest BCUT2D eigenvalue weighted by molar-refractivity contribution is 6.00. The molecule has 3 amide bonds. The summed E-state index contributed by atoms with van der Waals surface area (Å²) in [6.07, 6.45) is -0.283. The maximum atomic E-state index is 12.4. The fraction of sp³-hybridized carbons (Fsp3) is 0.320. The SMILES string of the molecule is CC(=O)Nc1ccc(NC(=O)COC(=O)[C@H]2CC(=O)N(c3ccc(C(=O)OC(C)C)cc3)C2)cc1. The lowest BCUT2D eigenvalue weighted by Gasteiger charge is -2.17. The van der Waals surface area contributed by atoms with Crippen LogP contribution in [-0.2, 0) is 28.7 Å². The Kier molecular flexibility index (Phi) is 8.19. The van der Waals surface area contributed by atoms with Gasteiger partial charge in [-0.25, -0.2) is 4.79 Å². The van der Waals surface area contributed by atoms with Gasteiger partial charge >= 0.3 is 11.9 Å². The van der Waals surface area contributed by atoms with Crippen LogP contribution in [0.1, 0.15) is 37.6 Å². The van der Waals surface area contributed by atoms with Crippen LogP contribution < -0.4 is 15.5 Å². The summed E-state index contributed by atoms with van der Waals surface area (Å²) in [5.74, 6) is -2.81. The number of benzene rings is 2. The molecule has 0 aromatic heterocycles. The fourth-order valence-electron chi connectivity index (χ4n) is 3.47. The van der Waals surface area contributed by atoms with E-state index in [9.17, 15) is 24.0 Å². The second kappa shape index (κ2) is 11.3. The number of carbonyl (C=O) groups is 5. The molecule has 0 bridgehead atoms. The lowest BCUT2D eigenvalue weighted by molar-refractivity contribution is -0.151. The Morgan fingerprint density at radius 2 is 1.57 bits per heavy atom. The summed E-state index contributed by atoms with van der Waals surface area (Å²) in [5.41, 5.74) is 1.97. The highest BCUT2D eigenvalue weighted by Gasteiger charge is 2.36. The molecule has 1 aliphatic heterocycles. The Labute approximate surface area is 202 Å². The molecule has 10 heteroatoms. The van der Waals surface area contributed by atoms with Gasteiger partial charge in [0.25, 0.3) is 5.91 Å². The molecular weight excluding hydrogens is 454 g/mol. The van der Waals surface area contributed by atoms with Crippen molar-refractivity contribution in [2.75, 3.05) is 28.7 Å². The summed E-state index contributed by atoms with van der Waals surface area (Å²) in [7, 11) is 0. The molecule has 0 saturated carbocycles. The monoisotopic (exact) mass is 481 g/mol. The minimum absolute atomic E-state index is 0.0395. The van der Waals surface area contributed by atoms with Gasteiger partial charge in [0.1, 0.15) is 0 Å². The third-order valence-corrected chi connectivity index (χ3v) is 5.05. The molecule has 1 aliphatic rings. The van der Waals surface area contributed by atoms with Gasteiger partial charge in [-0.2, -0.15) is 0 Å². The Morgan fingerprint density at radius 3 is 2.14 bits per heavy atom. The van der Waals surface area contributed by atoms with Crippen LogP contribution in [0.5, 0.6) is 0 Å². The predicted molar refractivity (Wildman–Crippen MR) is 128 cm³/mol. The van der Waals surface area contributed by atoms with Gasteiger partial charge in [-0.05, 0) is 62.4 Å². The number of amides is 3. The lowest BCUT2D eigenvalue weighted by Crippen LogP contribution is -2.28. The number of nitrogens with one attached hydrogen (secondary N) is 2. The normalized spacial score (nSPS) is 15.0. The van der Waals surface area contributed by atoms with E-state index in [0.29, 0.717) is 22.6 Å². The second-order valence-electron chi connectivity index (χ2n) is 8.32. The van der Waals surface area contributed by atoms with Gasteiger partial charge < -0.3 is 25.0 Å². The van der Waals surface area contributed by atoms with Crippen LogP contribution in [0.3, 0.4) is 0 Å². The van der Waals surface area contributed by atoms with E-state index in [1.54, 1.807) is 62.4 Å². The number of rotatable bonds is 8. The molecule has 1 heterocycles. The number of hydrogen-bond donors (Lipinski definition) is 2. The molecule has 2 aromatic rings. The number of carbonyl (C=O) groups excluding carboxylic acids is 5. The zero-order valence-electron chi connectivity index (χ0n) is 19.7. The van der Waals surface area contributed by atoms with E-state index in [0.717, 1.165) is 0 Å². The van der Waals surface area contributed by atoms with Crippen molar-refractivity contribution in [1.82, 2.24) is 0 Å². The molecule has 10 nitrogen and oxygen atoms in total. The van der Waals surface area contributed by atoms with Gasteiger partial charge in [-0.1, -0.05) is 0 Å². The van der Waals surface area contributed by atoms with Crippen LogP contribution in [0.25, 0.3) is 0 Å². The third-order valence-electron chi connectivity index (χ3n) is 5.05. The van der Waals surface area contributed by atoms with Gasteiger partial charge in [-0.3, -0.25) is 19.2 Å². The minimum Gasteiger partial charge on any atom is -0.459 e. The van der Waals surface area contributed by atoms with E-state index in [4.69, 9.17) is 9.47 Å². The van der Waals surface area contributed by atoms with E-state index >= 15 is 0 Å². The van der Waals surface area contributed by atoms with Gasteiger partial charge in [0.05, 0.1) is 17.6 Å². The van der Waals surface area contributed by atoms with Gasteiger partial charge in [0, 0.05) is 37.0 Å². The predicted octanol–water partition coefficient (Wildman–Crippen LogP) is 2.75. The maximum absolute atomic E-state index is 12.4. The molecule has 1 fully saturated rings. The fourth-order valence-corrected chi connectivity index (χ4v) is 3.47. The zero-order valence-corrected chi connectivity index (χ0v) is 19.7. The van der Waals surface area contributed by atoms with E-state index in [-0.39, 0.29) is 30.9 Å². The molecular formula is C25H27N3O7. The smallest absolute Gasteiger partial charge is 0.338 e. The Bertz CT molecular complexity index is 1110. The van der Waals surface area contributed by atoms with E-state index in [2.05, 4.69) is 10.6 Å². The van der Waals surface area contributed by atoms with Crippen molar-refractivity contribution in [2.45, 2.75) is 33.3 Å². The van der Waals surface area contributed by atoms with Crippen molar-refractivity contribution in [1.29, 1.82) is 0 Å². The Hall–Kier alpha value is -4.21. The molecule has 0 unspecified atom stereocenters. The van der Waals surface area contributed by atoms with Crippen LogP contribution >= 0.6 is 0 Å². The molecule has 0 aliphatic carbocycles. The Morgan fingerprint density at radius 1 is 0.971 bits per heavy atom. The minimum atomic E-state index is -0.710. The first-order valence-corrected chi connectivity index (χ1v) is 11.1. The molecule has 2 N–H and O–H groups in total. The van der Waals surface area contributed by atoms with Crippen LogP contribution in [0.2, 0.25) is 0 Å². The number of ether oxygens (including phenoxy) is 2. The quantitative estimate of drug-likeness (QED) is 0.554. The van der Waals surface area contributed by atoms with Crippen molar-refractivity contribution in [2.24, 2.45) is 5.92 Å². The van der Waals surface area contributed by atoms with Crippen LogP contribution in [0, 0.1) is 5.92 Å². The average Bonchev–Trinajstić information content (AvgIpc) is 3.20. The molecule has 0 radical (unpaired) electrons. The van der Waals surface area contributed by atoms with Gasteiger partial charge in [-0.15, -0.1) is 0 Å².